The number of carbonyl (C=O) groups excluding carboxylic acids is 2. The Morgan fingerprint density at radius 2 is 2.07 bits per heavy atom. The van der Waals surface area contributed by atoms with Gasteiger partial charge >= 0.3 is 0 Å². The third kappa shape index (κ3) is 4.68. The number of thioether (sulfide) groups is 1. The van der Waals surface area contributed by atoms with Gasteiger partial charge in [-0.2, -0.15) is 0 Å². The molecule has 2 N–H and O–H groups in total. The lowest BCUT2D eigenvalue weighted by Crippen LogP contribution is -2.16. The molecule has 29 heavy (non-hydrogen) atoms. The Bertz CT molecular complexity index is 1040. The molecule has 1 aromatic carbocycles. The van der Waals surface area contributed by atoms with Crippen LogP contribution in [0, 0.1) is 12.8 Å². The molecule has 0 atom stereocenters. The van der Waals surface area contributed by atoms with Crippen LogP contribution in [0.2, 0.25) is 0 Å². The monoisotopic (exact) mass is 427 g/mol. The van der Waals surface area contributed by atoms with Gasteiger partial charge in [0.1, 0.15) is 0 Å². The summed E-state index contributed by atoms with van der Waals surface area (Å²) < 4.78 is 1.90. The number of nitrogens with one attached hydrogen (secondary N) is 2. The van der Waals surface area contributed by atoms with Crippen LogP contribution < -0.4 is 10.6 Å². The van der Waals surface area contributed by atoms with Crippen LogP contribution in [0.3, 0.4) is 0 Å². The van der Waals surface area contributed by atoms with Crippen LogP contribution in [0.1, 0.15) is 18.4 Å². The van der Waals surface area contributed by atoms with Crippen LogP contribution in [0.15, 0.2) is 40.9 Å². The molecule has 0 spiro atoms. The zero-order valence-corrected chi connectivity index (χ0v) is 17.8. The van der Waals surface area contributed by atoms with E-state index in [9.17, 15) is 9.59 Å². The molecule has 1 fully saturated rings. The van der Waals surface area contributed by atoms with Gasteiger partial charge in [-0.1, -0.05) is 17.8 Å². The van der Waals surface area contributed by atoms with Gasteiger partial charge in [-0.25, -0.2) is 0 Å². The van der Waals surface area contributed by atoms with Crippen LogP contribution in [0.25, 0.3) is 10.7 Å². The van der Waals surface area contributed by atoms with E-state index in [1.807, 2.05) is 54.3 Å². The number of rotatable bonds is 7. The first-order chi connectivity index (χ1) is 14.0. The number of hydrogen-bond donors (Lipinski definition) is 2. The van der Waals surface area contributed by atoms with E-state index in [1.54, 1.807) is 11.3 Å². The van der Waals surface area contributed by atoms with Crippen molar-refractivity contribution in [2.24, 2.45) is 13.0 Å². The quantitative estimate of drug-likeness (QED) is 0.558. The van der Waals surface area contributed by atoms with E-state index in [0.717, 1.165) is 40.5 Å². The molecule has 1 aliphatic carbocycles. The summed E-state index contributed by atoms with van der Waals surface area (Å²) in [4.78, 5) is 25.3. The minimum Gasteiger partial charge on any atom is -0.326 e. The van der Waals surface area contributed by atoms with Gasteiger partial charge in [-0.3, -0.25) is 9.59 Å². The fourth-order valence-electron chi connectivity index (χ4n) is 2.85. The van der Waals surface area contributed by atoms with E-state index in [1.165, 1.54) is 11.8 Å². The molecule has 4 rings (SSSR count). The number of thiophene rings is 1. The number of anilines is 2. The summed E-state index contributed by atoms with van der Waals surface area (Å²) in [6, 6.07) is 9.47. The Morgan fingerprint density at radius 3 is 2.76 bits per heavy atom. The topological polar surface area (TPSA) is 88.9 Å². The lowest BCUT2D eigenvalue weighted by Gasteiger charge is -2.11. The second-order valence-electron chi connectivity index (χ2n) is 6.97. The summed E-state index contributed by atoms with van der Waals surface area (Å²) in [6.45, 7) is 1.91. The first-order valence-corrected chi connectivity index (χ1v) is 11.1. The summed E-state index contributed by atoms with van der Waals surface area (Å²) in [7, 11) is 1.90. The Labute approximate surface area is 176 Å². The fraction of sp³-hybridized carbons (Fsp3) is 0.300. The Balaban J connectivity index is 1.33. The number of hydrogen-bond acceptors (Lipinski definition) is 6. The van der Waals surface area contributed by atoms with Crippen LogP contribution in [-0.2, 0) is 16.6 Å². The number of aryl methyl sites for hydroxylation is 1. The maximum Gasteiger partial charge on any atom is 0.234 e. The molecule has 0 unspecified atom stereocenters. The Morgan fingerprint density at radius 1 is 1.24 bits per heavy atom. The second-order valence-corrected chi connectivity index (χ2v) is 8.86. The van der Waals surface area contributed by atoms with Crippen molar-refractivity contribution in [1.29, 1.82) is 0 Å². The Hall–Kier alpha value is -2.65. The molecule has 1 saturated carbocycles. The van der Waals surface area contributed by atoms with Gasteiger partial charge < -0.3 is 15.2 Å². The van der Waals surface area contributed by atoms with Crippen molar-refractivity contribution in [1.82, 2.24) is 14.8 Å². The molecule has 9 heteroatoms. The van der Waals surface area contributed by atoms with Crippen LogP contribution >= 0.6 is 23.1 Å². The van der Waals surface area contributed by atoms with E-state index in [4.69, 9.17) is 0 Å². The highest BCUT2D eigenvalue weighted by atomic mass is 32.2. The van der Waals surface area contributed by atoms with Gasteiger partial charge in [0, 0.05) is 24.3 Å². The smallest absolute Gasteiger partial charge is 0.234 e. The predicted molar refractivity (Wildman–Crippen MR) is 116 cm³/mol. The highest BCUT2D eigenvalue weighted by Gasteiger charge is 2.29. The second kappa shape index (κ2) is 8.38. The Kier molecular flexibility index (Phi) is 5.68. The summed E-state index contributed by atoms with van der Waals surface area (Å²) in [5.41, 5.74) is 2.39. The van der Waals surface area contributed by atoms with Gasteiger partial charge in [-0.05, 0) is 55.0 Å². The van der Waals surface area contributed by atoms with Gasteiger partial charge in [0.25, 0.3) is 0 Å². The fourth-order valence-corrected chi connectivity index (χ4v) is 4.30. The third-order valence-electron chi connectivity index (χ3n) is 4.63. The molecular weight excluding hydrogens is 406 g/mol. The molecule has 0 saturated heterocycles. The summed E-state index contributed by atoms with van der Waals surface area (Å²) in [5, 5.41) is 16.9. The first kappa shape index (κ1) is 19.7. The third-order valence-corrected chi connectivity index (χ3v) is 6.51. The number of nitrogens with zero attached hydrogens (tertiary/aromatic N) is 3. The van der Waals surface area contributed by atoms with Crippen molar-refractivity contribution in [3.8, 4) is 10.7 Å². The summed E-state index contributed by atoms with van der Waals surface area (Å²) in [6.07, 6.45) is 1.94. The maximum absolute atomic E-state index is 12.4. The lowest BCUT2D eigenvalue weighted by molar-refractivity contribution is -0.117. The van der Waals surface area contributed by atoms with Crippen molar-refractivity contribution in [3.63, 3.8) is 0 Å². The summed E-state index contributed by atoms with van der Waals surface area (Å²) in [5.74, 6) is 1.14. The van der Waals surface area contributed by atoms with Crippen LogP contribution in [0.5, 0.6) is 0 Å². The zero-order valence-electron chi connectivity index (χ0n) is 16.1. The molecule has 2 heterocycles. The largest absolute Gasteiger partial charge is 0.326 e. The molecule has 0 radical (unpaired) electrons. The van der Waals surface area contributed by atoms with Crippen molar-refractivity contribution in [2.45, 2.75) is 24.9 Å². The standard InChI is InChI=1S/C20H21N5O2S2/c1-12-10-14(21-19(27)13-5-6-13)7-8-15(12)22-17(26)11-29-20-24-23-18(25(20)2)16-4-3-9-28-16/h3-4,7-10,13H,5-6,11H2,1-2H3,(H,21,27)(H,22,26). The molecule has 1 aliphatic rings. The minimum absolute atomic E-state index is 0.0724. The average molecular weight is 428 g/mol. The number of aromatic nitrogens is 3. The van der Waals surface area contributed by atoms with Crippen molar-refractivity contribution in [3.05, 3.63) is 41.3 Å². The van der Waals surface area contributed by atoms with Crippen LogP contribution in [0.4, 0.5) is 11.4 Å². The van der Waals surface area contributed by atoms with E-state index in [-0.39, 0.29) is 23.5 Å². The van der Waals surface area contributed by atoms with Gasteiger partial charge in [0.2, 0.25) is 11.8 Å². The number of benzene rings is 1. The molecule has 3 aromatic rings. The highest BCUT2D eigenvalue weighted by molar-refractivity contribution is 7.99. The van der Waals surface area contributed by atoms with Gasteiger partial charge in [0.15, 0.2) is 11.0 Å². The highest BCUT2D eigenvalue weighted by Crippen LogP contribution is 2.31. The lowest BCUT2D eigenvalue weighted by atomic mass is 10.1. The van der Waals surface area contributed by atoms with E-state index >= 15 is 0 Å². The zero-order chi connectivity index (χ0) is 20.4. The summed E-state index contributed by atoms with van der Waals surface area (Å²) >= 11 is 2.95. The molecule has 150 valence electrons. The van der Waals surface area contributed by atoms with Gasteiger partial charge in [-0.15, -0.1) is 21.5 Å². The van der Waals surface area contributed by atoms with E-state index < -0.39 is 0 Å². The van der Waals surface area contributed by atoms with Crippen LogP contribution in [-0.4, -0.2) is 32.3 Å². The SMILES string of the molecule is Cc1cc(NC(=O)C2CC2)ccc1NC(=O)CSc1nnc(-c2cccs2)n1C. The molecular formula is C20H21N5O2S2. The van der Waals surface area contributed by atoms with Gasteiger partial charge in [0.05, 0.1) is 10.6 Å². The predicted octanol–water partition coefficient (Wildman–Crippen LogP) is 3.93. The normalized spacial score (nSPS) is 13.3. The average Bonchev–Trinajstić information content (AvgIpc) is 3.29. The molecule has 7 nitrogen and oxygen atoms in total. The number of amides is 2. The molecule has 0 aliphatic heterocycles. The minimum atomic E-state index is -0.117. The van der Waals surface area contributed by atoms with Crippen molar-refractivity contribution in [2.75, 3.05) is 16.4 Å². The van der Waals surface area contributed by atoms with E-state index in [0.29, 0.717) is 5.16 Å². The molecule has 2 aromatic heterocycles. The van der Waals surface area contributed by atoms with E-state index in [2.05, 4.69) is 20.8 Å². The molecule has 2 amide bonds. The maximum atomic E-state index is 12.4. The van der Waals surface area contributed by atoms with Crippen molar-refractivity contribution >= 4 is 46.3 Å². The molecule has 0 bridgehead atoms. The van der Waals surface area contributed by atoms with Crippen molar-refractivity contribution < 1.29 is 9.59 Å². The number of carbonyl (C=O) groups is 2. The first-order valence-electron chi connectivity index (χ1n) is 9.28.